The Morgan fingerprint density at radius 3 is 2.40 bits per heavy atom. The Bertz CT molecular complexity index is 859. The summed E-state index contributed by atoms with van der Waals surface area (Å²) < 4.78 is 0. The molecule has 6 nitrogen and oxygen atoms in total. The van der Waals surface area contributed by atoms with E-state index in [2.05, 4.69) is 23.6 Å². The summed E-state index contributed by atoms with van der Waals surface area (Å²) >= 11 is 5.17. The first-order chi connectivity index (χ1) is 16.2. The van der Waals surface area contributed by atoms with E-state index in [-0.39, 0.29) is 30.1 Å². The Hall–Kier alpha value is -1.83. The number of hydrogen-bond acceptors (Lipinski definition) is 5. The summed E-state index contributed by atoms with van der Waals surface area (Å²) in [5, 5.41) is 27.9. The lowest BCUT2D eigenvalue weighted by molar-refractivity contribution is -0.143. The maximum atomic E-state index is 13.2. The maximum absolute atomic E-state index is 13.2. The summed E-state index contributed by atoms with van der Waals surface area (Å²) in [5.74, 6) is -1.22. The molecule has 35 heavy (non-hydrogen) atoms. The number of Topliss-reactive ketones (excluding diaryl/α,β-unsaturated/α-hetero) is 1. The molecule has 4 N–H and O–H groups in total. The monoisotopic (exact) mass is 506 g/mol. The van der Waals surface area contributed by atoms with Crippen LogP contribution in [-0.2, 0) is 9.59 Å². The van der Waals surface area contributed by atoms with Gasteiger partial charge in [-0.25, -0.2) is 0 Å². The lowest BCUT2D eigenvalue weighted by Gasteiger charge is -2.34. The quantitative estimate of drug-likeness (QED) is 0.250. The van der Waals surface area contributed by atoms with Gasteiger partial charge in [0.2, 0.25) is 5.91 Å². The molecule has 1 heterocycles. The van der Waals surface area contributed by atoms with Crippen LogP contribution in [0.15, 0.2) is 35.1 Å². The van der Waals surface area contributed by atoms with Crippen LogP contribution in [0.4, 0.5) is 0 Å². The number of carbonyl (C=O) groups is 2. The minimum absolute atomic E-state index is 0.0406. The molecule has 198 valence electrons. The second-order valence-corrected chi connectivity index (χ2v) is 11.3. The minimum atomic E-state index is -1.17. The molecular formula is C28H46N2O4S. The zero-order valence-corrected chi connectivity index (χ0v) is 23.6. The second-order valence-electron chi connectivity index (χ2n) is 10.7. The molecule has 0 fully saturated rings. The van der Waals surface area contributed by atoms with E-state index in [1.165, 1.54) is 0 Å². The van der Waals surface area contributed by atoms with Crippen molar-refractivity contribution in [2.75, 3.05) is 0 Å². The molecule has 7 heteroatoms. The molecule has 0 aliphatic carbocycles. The highest BCUT2D eigenvalue weighted by Gasteiger charge is 2.42. The molecule has 0 bridgehead atoms. The largest absolute Gasteiger partial charge is 0.392 e. The SMILES string of the molecule is C/C=C(/C=C(\C)[C@@H]1C/C(C)=C\CCC[C@H](C)[C@H](O)[C@@H](C)C(=O)C(C)(C)[C@@H](O)CC(=O)N1)NC(C)=S. The molecule has 0 aromatic heterocycles. The first kappa shape index (κ1) is 31.2. The van der Waals surface area contributed by atoms with Gasteiger partial charge in [-0.2, -0.15) is 0 Å². The Labute approximate surface area is 217 Å². The molecule has 0 aromatic rings. The molecule has 0 unspecified atom stereocenters. The molecule has 0 saturated heterocycles. The summed E-state index contributed by atoms with van der Waals surface area (Å²) in [6.07, 6.45) is 7.13. The van der Waals surface area contributed by atoms with Crippen LogP contribution in [0.1, 0.15) is 87.5 Å². The van der Waals surface area contributed by atoms with Gasteiger partial charge in [0.25, 0.3) is 0 Å². The molecule has 1 aliphatic heterocycles. The molecule has 0 spiro atoms. The predicted molar refractivity (Wildman–Crippen MR) is 147 cm³/mol. The number of aliphatic hydroxyl groups excluding tert-OH is 2. The van der Waals surface area contributed by atoms with Crippen molar-refractivity contribution in [3.63, 3.8) is 0 Å². The number of rotatable bonds is 3. The zero-order chi connectivity index (χ0) is 26.9. The third kappa shape index (κ3) is 9.62. The molecule has 5 atom stereocenters. The predicted octanol–water partition coefficient (Wildman–Crippen LogP) is 4.76. The van der Waals surface area contributed by atoms with Gasteiger partial charge in [-0.3, -0.25) is 9.59 Å². The van der Waals surface area contributed by atoms with Gasteiger partial charge in [-0.15, -0.1) is 0 Å². The van der Waals surface area contributed by atoms with Crippen LogP contribution in [0.25, 0.3) is 0 Å². The Kier molecular flexibility index (Phi) is 12.5. The fourth-order valence-corrected chi connectivity index (χ4v) is 4.63. The van der Waals surface area contributed by atoms with Crippen LogP contribution in [0.2, 0.25) is 0 Å². The van der Waals surface area contributed by atoms with E-state index in [0.29, 0.717) is 11.4 Å². The maximum Gasteiger partial charge on any atom is 0.223 e. The highest BCUT2D eigenvalue weighted by molar-refractivity contribution is 7.80. The van der Waals surface area contributed by atoms with Crippen molar-refractivity contribution < 1.29 is 19.8 Å². The molecule has 1 aliphatic rings. The van der Waals surface area contributed by atoms with Crippen LogP contribution in [-0.4, -0.2) is 45.1 Å². The summed E-state index contributed by atoms with van der Waals surface area (Å²) in [7, 11) is 0. The van der Waals surface area contributed by atoms with Gasteiger partial charge < -0.3 is 20.8 Å². The van der Waals surface area contributed by atoms with Crippen molar-refractivity contribution in [3.8, 4) is 0 Å². The van der Waals surface area contributed by atoms with Crippen molar-refractivity contribution in [2.24, 2.45) is 17.3 Å². The number of ketones is 1. The van der Waals surface area contributed by atoms with E-state index in [0.717, 1.165) is 36.1 Å². The average Bonchev–Trinajstić information content (AvgIpc) is 2.77. The molecule has 1 amide bonds. The Morgan fingerprint density at radius 1 is 1.20 bits per heavy atom. The van der Waals surface area contributed by atoms with Gasteiger partial charge in [-0.1, -0.05) is 57.6 Å². The van der Waals surface area contributed by atoms with Gasteiger partial charge >= 0.3 is 0 Å². The van der Waals surface area contributed by atoms with Crippen molar-refractivity contribution >= 4 is 28.9 Å². The van der Waals surface area contributed by atoms with Crippen LogP contribution in [0, 0.1) is 17.3 Å². The molecule has 0 saturated carbocycles. The Morgan fingerprint density at radius 2 is 1.83 bits per heavy atom. The minimum Gasteiger partial charge on any atom is -0.392 e. The van der Waals surface area contributed by atoms with Crippen molar-refractivity contribution in [1.29, 1.82) is 0 Å². The smallest absolute Gasteiger partial charge is 0.223 e. The topological polar surface area (TPSA) is 98.7 Å². The summed E-state index contributed by atoms with van der Waals surface area (Å²) in [6, 6.07) is -0.264. The first-order valence-electron chi connectivity index (χ1n) is 12.7. The van der Waals surface area contributed by atoms with Crippen molar-refractivity contribution in [2.45, 2.75) is 106 Å². The second kappa shape index (κ2) is 14.0. The summed E-state index contributed by atoms with van der Waals surface area (Å²) in [6.45, 7) is 14.7. The van der Waals surface area contributed by atoms with Crippen LogP contribution >= 0.6 is 12.2 Å². The van der Waals surface area contributed by atoms with Gasteiger partial charge in [0.05, 0.1) is 35.1 Å². The normalized spacial score (nSPS) is 31.8. The van der Waals surface area contributed by atoms with Crippen LogP contribution in [0.5, 0.6) is 0 Å². The zero-order valence-electron chi connectivity index (χ0n) is 22.8. The highest BCUT2D eigenvalue weighted by Crippen LogP contribution is 2.32. The van der Waals surface area contributed by atoms with Crippen molar-refractivity contribution in [3.05, 3.63) is 35.1 Å². The standard InChI is InChI=1S/C28H46N2O4S/c1-9-22(29-21(6)35)15-19(4)23-14-17(2)12-10-11-13-18(3)26(33)20(5)27(34)28(7,8)24(31)16-25(32)30-23/h9,12,15,18,20,23-24,26,31,33H,10-11,13-14,16H2,1-8H3,(H,29,35)(H,30,32)/b17-12-,19-15+,22-9-/t18-,20+,23-,24-,26-/m0/s1. The van der Waals surface area contributed by atoms with Gasteiger partial charge in [0.15, 0.2) is 0 Å². The number of hydrogen-bond donors (Lipinski definition) is 4. The number of aliphatic hydroxyl groups is 2. The van der Waals surface area contributed by atoms with E-state index in [1.807, 2.05) is 39.8 Å². The molecule has 0 radical (unpaired) electrons. The highest BCUT2D eigenvalue weighted by atomic mass is 32.1. The molecule has 0 aromatic carbocycles. The fraction of sp³-hybridized carbons (Fsp3) is 0.679. The van der Waals surface area contributed by atoms with Gasteiger partial charge in [0, 0.05) is 11.6 Å². The number of amides is 1. The van der Waals surface area contributed by atoms with Gasteiger partial charge in [0.1, 0.15) is 5.78 Å². The fourth-order valence-electron chi connectivity index (χ4n) is 4.51. The molecular weight excluding hydrogens is 460 g/mol. The third-order valence-electron chi connectivity index (χ3n) is 7.14. The number of carbonyl (C=O) groups excluding carboxylic acids is 2. The van der Waals surface area contributed by atoms with Gasteiger partial charge in [-0.05, 0) is 70.9 Å². The van der Waals surface area contributed by atoms with E-state index < -0.39 is 23.5 Å². The molecule has 1 rings (SSSR count). The van der Waals surface area contributed by atoms with E-state index in [1.54, 1.807) is 20.8 Å². The lowest BCUT2D eigenvalue weighted by atomic mass is 9.73. The number of thiocarbonyl (C=S) groups is 1. The van der Waals surface area contributed by atoms with Crippen LogP contribution in [0.3, 0.4) is 0 Å². The van der Waals surface area contributed by atoms with Crippen molar-refractivity contribution in [1.82, 2.24) is 10.6 Å². The van der Waals surface area contributed by atoms with E-state index >= 15 is 0 Å². The third-order valence-corrected chi connectivity index (χ3v) is 7.24. The van der Waals surface area contributed by atoms with E-state index in [4.69, 9.17) is 12.2 Å². The Balaban J connectivity index is 3.30. The number of allylic oxidation sites excluding steroid dienone is 3. The van der Waals surface area contributed by atoms with Crippen LogP contribution < -0.4 is 10.6 Å². The van der Waals surface area contributed by atoms with E-state index in [9.17, 15) is 19.8 Å². The summed E-state index contributed by atoms with van der Waals surface area (Å²) in [5.41, 5.74) is 1.81. The first-order valence-corrected chi connectivity index (χ1v) is 13.1. The average molecular weight is 507 g/mol. The number of nitrogens with one attached hydrogen (secondary N) is 2. The lowest BCUT2D eigenvalue weighted by Crippen LogP contribution is -2.47. The summed E-state index contributed by atoms with van der Waals surface area (Å²) in [4.78, 5) is 26.9.